The molecular weight excluding hydrogens is 232 g/mol. The van der Waals surface area contributed by atoms with Crippen LogP contribution in [-0.2, 0) is 9.59 Å². The van der Waals surface area contributed by atoms with Crippen molar-refractivity contribution in [3.63, 3.8) is 0 Å². The average Bonchev–Trinajstić information content (AvgIpc) is 2.29. The van der Waals surface area contributed by atoms with Crippen LogP contribution in [0, 0.1) is 11.6 Å². The van der Waals surface area contributed by atoms with Gasteiger partial charge in [-0.15, -0.1) is 0 Å². The second-order valence-corrected chi connectivity index (χ2v) is 3.10. The lowest BCUT2D eigenvalue weighted by molar-refractivity contribution is -0.136. The van der Waals surface area contributed by atoms with Gasteiger partial charge in [0.1, 0.15) is 6.54 Å². The monoisotopic (exact) mass is 241 g/mol. The van der Waals surface area contributed by atoms with Crippen molar-refractivity contribution in [1.29, 1.82) is 0 Å². The first-order valence-electron chi connectivity index (χ1n) is 4.57. The number of amides is 1. The van der Waals surface area contributed by atoms with E-state index >= 15 is 0 Å². The van der Waals surface area contributed by atoms with Crippen LogP contribution in [0.2, 0.25) is 0 Å². The third-order valence-electron chi connectivity index (χ3n) is 1.96. The Hall–Kier alpha value is -2.24. The number of benzene rings is 1. The lowest BCUT2D eigenvalue weighted by Crippen LogP contribution is -2.35. The number of aliphatic carboxylic acids is 1. The highest BCUT2D eigenvalue weighted by Gasteiger charge is 2.21. The molecule has 0 saturated heterocycles. The van der Waals surface area contributed by atoms with Gasteiger partial charge in [0, 0.05) is 0 Å². The van der Waals surface area contributed by atoms with Gasteiger partial charge >= 0.3 is 5.97 Å². The second kappa shape index (κ2) is 5.20. The highest BCUT2D eigenvalue weighted by Crippen LogP contribution is 2.21. The molecule has 4 nitrogen and oxygen atoms in total. The summed E-state index contributed by atoms with van der Waals surface area (Å²) in [7, 11) is 0. The molecular formula is C11H9F2NO3. The van der Waals surface area contributed by atoms with Gasteiger partial charge in [0.05, 0.1) is 5.69 Å². The van der Waals surface area contributed by atoms with E-state index in [4.69, 9.17) is 5.11 Å². The van der Waals surface area contributed by atoms with Crippen LogP contribution in [0.3, 0.4) is 0 Å². The Labute approximate surface area is 95.8 Å². The number of nitrogens with zero attached hydrogens (tertiary/aromatic N) is 1. The van der Waals surface area contributed by atoms with Crippen molar-refractivity contribution in [1.82, 2.24) is 0 Å². The molecule has 0 radical (unpaired) electrons. The van der Waals surface area contributed by atoms with E-state index in [-0.39, 0.29) is 0 Å². The lowest BCUT2D eigenvalue weighted by Gasteiger charge is -2.19. The summed E-state index contributed by atoms with van der Waals surface area (Å²) in [4.78, 5) is 22.5. The number of rotatable bonds is 4. The molecule has 0 aliphatic carbocycles. The van der Waals surface area contributed by atoms with Crippen molar-refractivity contribution in [3.8, 4) is 0 Å². The molecule has 0 fully saturated rings. The summed E-state index contributed by atoms with van der Waals surface area (Å²) in [6.07, 6.45) is 0.827. The molecule has 6 heteroatoms. The van der Waals surface area contributed by atoms with Crippen molar-refractivity contribution in [2.24, 2.45) is 0 Å². The SMILES string of the molecule is C=CC(=O)N(CC(=O)O)c1cccc(F)c1F. The van der Waals surface area contributed by atoms with E-state index in [9.17, 15) is 18.4 Å². The van der Waals surface area contributed by atoms with Crippen molar-refractivity contribution >= 4 is 17.6 Å². The first-order valence-corrected chi connectivity index (χ1v) is 4.57. The maximum absolute atomic E-state index is 13.4. The van der Waals surface area contributed by atoms with Crippen LogP contribution in [0.4, 0.5) is 14.5 Å². The molecule has 0 saturated carbocycles. The van der Waals surface area contributed by atoms with Crippen LogP contribution in [0.25, 0.3) is 0 Å². The van der Waals surface area contributed by atoms with Gasteiger partial charge in [-0.3, -0.25) is 14.5 Å². The third kappa shape index (κ3) is 2.87. The zero-order chi connectivity index (χ0) is 13.0. The zero-order valence-corrected chi connectivity index (χ0v) is 8.69. The van der Waals surface area contributed by atoms with E-state index in [1.54, 1.807) is 0 Å². The summed E-state index contributed by atoms with van der Waals surface area (Å²) < 4.78 is 26.4. The lowest BCUT2D eigenvalue weighted by atomic mass is 10.2. The Bertz CT molecular complexity index is 474. The summed E-state index contributed by atoms with van der Waals surface area (Å²) in [5.41, 5.74) is -0.433. The summed E-state index contributed by atoms with van der Waals surface area (Å²) in [6.45, 7) is 2.39. The third-order valence-corrected chi connectivity index (χ3v) is 1.96. The number of carboxylic acid groups (broad SMARTS) is 1. The van der Waals surface area contributed by atoms with Crippen molar-refractivity contribution in [2.45, 2.75) is 0 Å². The van der Waals surface area contributed by atoms with Crippen LogP contribution in [0.1, 0.15) is 0 Å². The predicted molar refractivity (Wildman–Crippen MR) is 56.5 cm³/mol. The summed E-state index contributed by atoms with van der Waals surface area (Å²) in [5.74, 6) is -4.60. The molecule has 17 heavy (non-hydrogen) atoms. The zero-order valence-electron chi connectivity index (χ0n) is 8.69. The minimum absolute atomic E-state index is 0.433. The highest BCUT2D eigenvalue weighted by molar-refractivity contribution is 6.03. The molecule has 0 aliphatic rings. The van der Waals surface area contributed by atoms with Gasteiger partial charge in [-0.05, 0) is 18.2 Å². The number of hydrogen-bond acceptors (Lipinski definition) is 2. The summed E-state index contributed by atoms with van der Waals surface area (Å²) in [6, 6.07) is 3.16. The molecule has 0 atom stereocenters. The molecule has 0 aliphatic heterocycles. The van der Waals surface area contributed by atoms with Gasteiger partial charge in [-0.2, -0.15) is 0 Å². The van der Waals surface area contributed by atoms with Gasteiger partial charge in [0.15, 0.2) is 11.6 Å². The van der Waals surface area contributed by atoms with E-state index in [1.807, 2.05) is 0 Å². The molecule has 1 aromatic carbocycles. The normalized spacial score (nSPS) is 9.76. The fourth-order valence-corrected chi connectivity index (χ4v) is 1.23. The standard InChI is InChI=1S/C11H9F2NO3/c1-2-9(15)14(6-10(16)17)8-5-3-4-7(12)11(8)13/h2-5H,1,6H2,(H,16,17). The molecule has 0 heterocycles. The molecule has 0 bridgehead atoms. The number of carboxylic acids is 1. The van der Waals surface area contributed by atoms with E-state index in [2.05, 4.69) is 6.58 Å². The highest BCUT2D eigenvalue weighted by atomic mass is 19.2. The maximum atomic E-state index is 13.4. The van der Waals surface area contributed by atoms with Crippen LogP contribution in [0.5, 0.6) is 0 Å². The van der Waals surface area contributed by atoms with E-state index in [1.165, 1.54) is 6.07 Å². The van der Waals surface area contributed by atoms with Gasteiger partial charge < -0.3 is 5.11 Å². The molecule has 90 valence electrons. The Morgan fingerprint density at radius 2 is 2.06 bits per heavy atom. The van der Waals surface area contributed by atoms with Gasteiger partial charge in [0.2, 0.25) is 0 Å². The van der Waals surface area contributed by atoms with Crippen LogP contribution in [0.15, 0.2) is 30.9 Å². The smallest absolute Gasteiger partial charge is 0.323 e. The first kappa shape index (κ1) is 12.8. The number of carbonyl (C=O) groups is 2. The van der Waals surface area contributed by atoms with Crippen LogP contribution < -0.4 is 4.90 Å². The van der Waals surface area contributed by atoms with Crippen LogP contribution >= 0.6 is 0 Å². The van der Waals surface area contributed by atoms with Crippen molar-refractivity contribution in [2.75, 3.05) is 11.4 Å². The van der Waals surface area contributed by atoms with Gasteiger partial charge in [-0.25, -0.2) is 8.78 Å². The van der Waals surface area contributed by atoms with E-state index in [0.717, 1.165) is 18.2 Å². The molecule has 0 aromatic heterocycles. The Morgan fingerprint density at radius 3 is 2.59 bits per heavy atom. The fourth-order valence-electron chi connectivity index (χ4n) is 1.23. The molecule has 1 N–H and O–H groups in total. The minimum Gasteiger partial charge on any atom is -0.480 e. The molecule has 1 aromatic rings. The molecule has 0 spiro atoms. The number of carbonyl (C=O) groups excluding carboxylic acids is 1. The average molecular weight is 241 g/mol. The van der Waals surface area contributed by atoms with E-state index in [0.29, 0.717) is 4.90 Å². The van der Waals surface area contributed by atoms with Gasteiger partial charge in [0.25, 0.3) is 5.91 Å². The Balaban J connectivity index is 3.21. The van der Waals surface area contributed by atoms with Crippen molar-refractivity contribution in [3.05, 3.63) is 42.5 Å². The maximum Gasteiger partial charge on any atom is 0.323 e. The summed E-state index contributed by atoms with van der Waals surface area (Å²) >= 11 is 0. The molecule has 1 amide bonds. The molecule has 1 rings (SSSR count). The van der Waals surface area contributed by atoms with Gasteiger partial charge in [-0.1, -0.05) is 12.6 Å². The molecule has 0 unspecified atom stereocenters. The predicted octanol–water partition coefficient (Wildman–Crippen LogP) is 1.57. The quantitative estimate of drug-likeness (QED) is 0.814. The van der Waals surface area contributed by atoms with Crippen molar-refractivity contribution < 1.29 is 23.5 Å². The minimum atomic E-state index is -1.34. The number of halogens is 2. The summed E-state index contributed by atoms with van der Waals surface area (Å²) in [5, 5.41) is 8.61. The fraction of sp³-hybridized carbons (Fsp3) is 0.0909. The Kier molecular flexibility index (Phi) is 3.92. The topological polar surface area (TPSA) is 57.6 Å². The number of hydrogen-bond donors (Lipinski definition) is 1. The number of anilines is 1. The van der Waals surface area contributed by atoms with E-state index < -0.39 is 35.7 Å². The van der Waals surface area contributed by atoms with Crippen LogP contribution in [-0.4, -0.2) is 23.5 Å². The second-order valence-electron chi connectivity index (χ2n) is 3.10. The first-order chi connectivity index (χ1) is 7.97. The largest absolute Gasteiger partial charge is 0.480 e. The Morgan fingerprint density at radius 1 is 1.41 bits per heavy atom.